The molecule has 0 aromatic heterocycles. The predicted octanol–water partition coefficient (Wildman–Crippen LogP) is 20.8. The highest BCUT2D eigenvalue weighted by atomic mass is 16.6. The van der Waals surface area contributed by atoms with Gasteiger partial charge in [0, 0.05) is 19.3 Å². The van der Waals surface area contributed by atoms with E-state index in [1.807, 2.05) is 0 Å². The smallest absolute Gasteiger partial charge is 0.306 e. The monoisotopic (exact) mass is 1030 g/mol. The van der Waals surface area contributed by atoms with Crippen molar-refractivity contribution in [2.75, 3.05) is 13.2 Å². The van der Waals surface area contributed by atoms with E-state index in [9.17, 15) is 14.4 Å². The van der Waals surface area contributed by atoms with Gasteiger partial charge in [-0.15, -0.1) is 0 Å². The highest BCUT2D eigenvalue weighted by Crippen LogP contribution is 2.14. The molecular formula is C69H110O6. The first kappa shape index (κ1) is 70.3. The molecule has 6 nitrogen and oxygen atoms in total. The first-order chi connectivity index (χ1) is 37.0. The van der Waals surface area contributed by atoms with E-state index in [1.165, 1.54) is 89.9 Å². The lowest BCUT2D eigenvalue weighted by Gasteiger charge is -2.18. The quantitative estimate of drug-likeness (QED) is 0.0261. The van der Waals surface area contributed by atoms with E-state index in [0.717, 1.165) is 109 Å². The van der Waals surface area contributed by atoms with Crippen LogP contribution >= 0.6 is 0 Å². The zero-order valence-corrected chi connectivity index (χ0v) is 48.3. The van der Waals surface area contributed by atoms with E-state index in [4.69, 9.17) is 14.2 Å². The van der Waals surface area contributed by atoms with Crippen LogP contribution in [0.1, 0.15) is 252 Å². The van der Waals surface area contributed by atoms with Gasteiger partial charge in [0.05, 0.1) is 0 Å². The number of unbranched alkanes of at least 4 members (excludes halogenated alkanes) is 18. The van der Waals surface area contributed by atoms with Crippen LogP contribution < -0.4 is 0 Å². The van der Waals surface area contributed by atoms with Crippen molar-refractivity contribution in [2.24, 2.45) is 0 Å². The van der Waals surface area contributed by atoms with Gasteiger partial charge in [0.25, 0.3) is 0 Å². The molecule has 0 aliphatic carbocycles. The zero-order valence-electron chi connectivity index (χ0n) is 48.3. The molecule has 75 heavy (non-hydrogen) atoms. The van der Waals surface area contributed by atoms with E-state index in [0.29, 0.717) is 19.3 Å². The maximum atomic E-state index is 12.9. The molecular weight excluding hydrogens is 925 g/mol. The summed E-state index contributed by atoms with van der Waals surface area (Å²) in [5.74, 6) is -1.03. The number of hydrogen-bond donors (Lipinski definition) is 0. The Morgan fingerprint density at radius 3 is 0.907 bits per heavy atom. The van der Waals surface area contributed by atoms with Crippen LogP contribution in [0, 0.1) is 0 Å². The maximum absolute atomic E-state index is 12.9. The van der Waals surface area contributed by atoms with Gasteiger partial charge in [-0.25, -0.2) is 0 Å². The third-order valence-electron chi connectivity index (χ3n) is 12.3. The minimum absolute atomic E-state index is 0.124. The van der Waals surface area contributed by atoms with Crippen LogP contribution in [0.25, 0.3) is 0 Å². The molecule has 0 saturated carbocycles. The number of esters is 3. The summed E-state index contributed by atoms with van der Waals surface area (Å²) in [6.45, 7) is 6.32. The summed E-state index contributed by atoms with van der Waals surface area (Å²) < 4.78 is 16.8. The molecule has 0 radical (unpaired) electrons. The summed E-state index contributed by atoms with van der Waals surface area (Å²) in [6.07, 6.45) is 88.5. The largest absolute Gasteiger partial charge is 0.462 e. The second-order valence-electron chi connectivity index (χ2n) is 19.5. The summed E-state index contributed by atoms with van der Waals surface area (Å²) >= 11 is 0. The van der Waals surface area contributed by atoms with Crippen molar-refractivity contribution in [1.29, 1.82) is 0 Å². The summed E-state index contributed by atoms with van der Waals surface area (Å²) in [5.41, 5.74) is 0. The second-order valence-corrected chi connectivity index (χ2v) is 19.5. The Bertz CT molecular complexity index is 1660. The first-order valence-corrected chi connectivity index (χ1v) is 30.3. The molecule has 0 amide bonds. The summed E-state index contributed by atoms with van der Waals surface area (Å²) in [6, 6.07) is 0. The average molecular weight is 1040 g/mol. The van der Waals surface area contributed by atoms with Gasteiger partial charge >= 0.3 is 17.9 Å². The van der Waals surface area contributed by atoms with Crippen LogP contribution in [-0.4, -0.2) is 37.2 Å². The normalized spacial score (nSPS) is 13.2. The zero-order chi connectivity index (χ0) is 54.3. The second kappa shape index (κ2) is 61.8. The third-order valence-corrected chi connectivity index (χ3v) is 12.3. The molecule has 6 heteroatoms. The topological polar surface area (TPSA) is 78.9 Å². The summed E-state index contributed by atoms with van der Waals surface area (Å²) in [4.78, 5) is 38.2. The molecule has 0 saturated heterocycles. The molecule has 0 aliphatic rings. The van der Waals surface area contributed by atoms with Crippen LogP contribution in [0.4, 0.5) is 0 Å². The number of hydrogen-bond acceptors (Lipinski definition) is 6. The number of rotatable bonds is 53. The van der Waals surface area contributed by atoms with E-state index in [1.54, 1.807) is 0 Å². The fourth-order valence-corrected chi connectivity index (χ4v) is 7.83. The van der Waals surface area contributed by atoms with Crippen molar-refractivity contribution in [3.8, 4) is 0 Å². The highest BCUT2D eigenvalue weighted by molar-refractivity contribution is 5.71. The number of carbonyl (C=O) groups is 3. The Morgan fingerprint density at radius 2 is 0.533 bits per heavy atom. The van der Waals surface area contributed by atoms with Crippen molar-refractivity contribution in [1.82, 2.24) is 0 Å². The molecule has 0 fully saturated rings. The SMILES string of the molecule is CC/C=C\C/C=C\C/C=C\C/C=C\C/C=C\C/C=C\CCCCC(=O)OCC(COC(=O)CCC/C=C\C/C=C\C/C=C\C/C=C\C/C=C\CC)OC(=O)CCCCCCCCCCC/C=C\CCCCCCCC. The van der Waals surface area contributed by atoms with Crippen molar-refractivity contribution in [3.63, 3.8) is 0 Å². The van der Waals surface area contributed by atoms with E-state index < -0.39 is 6.10 Å². The molecule has 0 bridgehead atoms. The van der Waals surface area contributed by atoms with Crippen LogP contribution in [0.2, 0.25) is 0 Å². The van der Waals surface area contributed by atoms with Gasteiger partial charge in [0.15, 0.2) is 6.10 Å². The van der Waals surface area contributed by atoms with Gasteiger partial charge in [-0.05, 0) is 135 Å². The van der Waals surface area contributed by atoms with E-state index in [-0.39, 0.29) is 44.0 Å². The maximum Gasteiger partial charge on any atom is 0.306 e. The molecule has 0 aromatic rings. The lowest BCUT2D eigenvalue weighted by atomic mass is 10.1. The Labute approximate surface area is 461 Å². The van der Waals surface area contributed by atoms with Crippen molar-refractivity contribution in [2.45, 2.75) is 258 Å². The molecule has 0 rings (SSSR count). The minimum Gasteiger partial charge on any atom is -0.462 e. The lowest BCUT2D eigenvalue weighted by Crippen LogP contribution is -2.30. The average Bonchev–Trinajstić information content (AvgIpc) is 3.41. The molecule has 1 atom stereocenters. The molecule has 0 spiro atoms. The number of allylic oxidation sites excluding steroid dienone is 24. The molecule has 0 aliphatic heterocycles. The Balaban J connectivity index is 4.56. The standard InChI is InChI=1S/C69H110O6/c1-4-7-10-13-16-19-22-25-28-31-33-34-36-38-41-44-47-50-53-56-59-62-68(71)74-65-66(64-73-67(70)61-58-55-52-49-46-43-40-37-30-27-24-21-18-15-12-9-6-3)75-69(72)63-60-57-54-51-48-45-42-39-35-32-29-26-23-20-17-14-11-8-5-2/h7,9-10,12,16,18-19,21,25-30,33-34,38,40-41,43,47,49-50,52,66H,4-6,8,11,13-15,17,20,22-24,31-32,35-37,39,42,44-46,48,51,53-65H2,1-3H3/b10-7-,12-9-,19-16-,21-18-,28-25-,29-26-,30-27-,34-33-,41-38-,43-40-,50-47-,52-49-. The van der Waals surface area contributed by atoms with E-state index in [2.05, 4.69) is 167 Å². The predicted molar refractivity (Wildman–Crippen MR) is 325 cm³/mol. The molecule has 1 unspecified atom stereocenters. The fourth-order valence-electron chi connectivity index (χ4n) is 7.83. The summed E-state index contributed by atoms with van der Waals surface area (Å²) in [5, 5.41) is 0. The Kier molecular flexibility index (Phi) is 58.0. The lowest BCUT2D eigenvalue weighted by molar-refractivity contribution is -0.167. The molecule has 0 heterocycles. The summed E-state index contributed by atoms with van der Waals surface area (Å²) in [7, 11) is 0. The van der Waals surface area contributed by atoms with Gasteiger partial charge in [-0.2, -0.15) is 0 Å². The van der Waals surface area contributed by atoms with Gasteiger partial charge in [-0.1, -0.05) is 244 Å². The Morgan fingerprint density at radius 1 is 0.280 bits per heavy atom. The first-order valence-electron chi connectivity index (χ1n) is 30.3. The third kappa shape index (κ3) is 60.0. The Hall–Kier alpha value is -4.71. The van der Waals surface area contributed by atoms with Gasteiger partial charge in [0.1, 0.15) is 13.2 Å². The van der Waals surface area contributed by atoms with Crippen LogP contribution in [0.5, 0.6) is 0 Å². The van der Waals surface area contributed by atoms with Crippen LogP contribution in [0.3, 0.4) is 0 Å². The minimum atomic E-state index is -0.828. The van der Waals surface area contributed by atoms with Gasteiger partial charge in [-0.3, -0.25) is 14.4 Å². The molecule has 0 N–H and O–H groups in total. The van der Waals surface area contributed by atoms with Crippen molar-refractivity contribution in [3.05, 3.63) is 146 Å². The van der Waals surface area contributed by atoms with Gasteiger partial charge < -0.3 is 14.2 Å². The fraction of sp³-hybridized carbons (Fsp3) is 0.609. The molecule has 422 valence electrons. The van der Waals surface area contributed by atoms with E-state index >= 15 is 0 Å². The van der Waals surface area contributed by atoms with Crippen LogP contribution in [0.15, 0.2) is 146 Å². The highest BCUT2D eigenvalue weighted by Gasteiger charge is 2.19. The van der Waals surface area contributed by atoms with Crippen molar-refractivity contribution < 1.29 is 28.6 Å². The number of ether oxygens (including phenoxy) is 3. The van der Waals surface area contributed by atoms with Crippen LogP contribution in [-0.2, 0) is 28.6 Å². The molecule has 0 aromatic carbocycles. The van der Waals surface area contributed by atoms with Crippen molar-refractivity contribution >= 4 is 17.9 Å². The van der Waals surface area contributed by atoms with Gasteiger partial charge in [0.2, 0.25) is 0 Å². The number of carbonyl (C=O) groups excluding carboxylic acids is 3.